The number of halogens is 1. The highest BCUT2D eigenvalue weighted by atomic mass is 79.9. The molecule has 1 aromatic carbocycles. The Bertz CT molecular complexity index is 438. The van der Waals surface area contributed by atoms with E-state index < -0.39 is 0 Å². The molecule has 0 saturated carbocycles. The van der Waals surface area contributed by atoms with Crippen LogP contribution in [0.25, 0.3) is 0 Å². The Hall–Kier alpha value is -1.07. The number of ether oxygens (including phenoxy) is 1. The van der Waals surface area contributed by atoms with E-state index in [2.05, 4.69) is 40.4 Å². The molecule has 0 radical (unpaired) electrons. The van der Waals surface area contributed by atoms with Crippen LogP contribution < -0.4 is 15.4 Å². The molecule has 5 heteroatoms. The van der Waals surface area contributed by atoms with E-state index in [0.29, 0.717) is 6.54 Å². The average molecular weight is 343 g/mol. The van der Waals surface area contributed by atoms with Crippen molar-refractivity contribution >= 4 is 21.8 Å². The summed E-state index contributed by atoms with van der Waals surface area (Å²) in [5.41, 5.74) is 1.05. The van der Waals surface area contributed by atoms with Crippen LogP contribution in [0.3, 0.4) is 0 Å². The first kappa shape index (κ1) is 17.0. The molecule has 1 amide bonds. The molecule has 0 heterocycles. The van der Waals surface area contributed by atoms with E-state index in [1.807, 2.05) is 25.1 Å². The van der Waals surface area contributed by atoms with Crippen molar-refractivity contribution in [3.05, 3.63) is 28.2 Å². The van der Waals surface area contributed by atoms with Crippen LogP contribution >= 0.6 is 15.9 Å². The molecule has 4 nitrogen and oxygen atoms in total. The van der Waals surface area contributed by atoms with Gasteiger partial charge in [0.1, 0.15) is 5.75 Å². The van der Waals surface area contributed by atoms with Gasteiger partial charge in [-0.05, 0) is 32.0 Å². The lowest BCUT2D eigenvalue weighted by molar-refractivity contribution is -0.123. The third kappa shape index (κ3) is 5.51. The summed E-state index contributed by atoms with van der Waals surface area (Å²) in [6, 6.07) is 6.07. The second-order valence-electron chi connectivity index (χ2n) is 4.60. The van der Waals surface area contributed by atoms with Gasteiger partial charge in [-0.1, -0.05) is 35.8 Å². The number of rotatable bonds is 8. The van der Waals surface area contributed by atoms with Gasteiger partial charge in [-0.3, -0.25) is 4.79 Å². The van der Waals surface area contributed by atoms with Crippen LogP contribution in [0.4, 0.5) is 0 Å². The molecule has 0 saturated heterocycles. The van der Waals surface area contributed by atoms with Crippen LogP contribution in [0.5, 0.6) is 5.75 Å². The molecule has 0 aromatic heterocycles. The number of nitrogens with one attached hydrogen (secondary N) is 2. The first-order valence-corrected chi connectivity index (χ1v) is 7.80. The fraction of sp³-hybridized carbons (Fsp3) is 0.533. The fourth-order valence-electron chi connectivity index (χ4n) is 1.87. The minimum Gasteiger partial charge on any atom is -0.483 e. The van der Waals surface area contributed by atoms with Gasteiger partial charge in [0, 0.05) is 22.6 Å². The second kappa shape index (κ2) is 8.97. The molecule has 0 spiro atoms. The SMILES string of the molecule is CCCNC(=O)COc1cc(Br)ccc1C(C)NCC. The van der Waals surface area contributed by atoms with Crippen molar-refractivity contribution in [2.24, 2.45) is 0 Å². The Morgan fingerprint density at radius 3 is 2.80 bits per heavy atom. The minimum absolute atomic E-state index is 0.0439. The first-order valence-electron chi connectivity index (χ1n) is 7.00. The van der Waals surface area contributed by atoms with Gasteiger partial charge >= 0.3 is 0 Å². The molecular weight excluding hydrogens is 320 g/mol. The Balaban J connectivity index is 2.71. The normalized spacial score (nSPS) is 12.0. The maximum atomic E-state index is 11.6. The highest BCUT2D eigenvalue weighted by Crippen LogP contribution is 2.28. The summed E-state index contributed by atoms with van der Waals surface area (Å²) in [5, 5.41) is 6.15. The molecule has 1 aromatic rings. The van der Waals surface area contributed by atoms with Gasteiger partial charge in [0.05, 0.1) is 0 Å². The van der Waals surface area contributed by atoms with Crippen LogP contribution in [-0.4, -0.2) is 25.6 Å². The first-order chi connectivity index (χ1) is 9.58. The summed E-state index contributed by atoms with van der Waals surface area (Å²) in [6.45, 7) is 7.77. The van der Waals surface area contributed by atoms with Crippen molar-refractivity contribution < 1.29 is 9.53 Å². The van der Waals surface area contributed by atoms with Gasteiger partial charge in [-0.25, -0.2) is 0 Å². The number of hydrogen-bond acceptors (Lipinski definition) is 3. The van der Waals surface area contributed by atoms with Crippen molar-refractivity contribution in [3.63, 3.8) is 0 Å². The number of hydrogen-bond donors (Lipinski definition) is 2. The molecule has 20 heavy (non-hydrogen) atoms. The molecule has 0 aliphatic carbocycles. The Morgan fingerprint density at radius 2 is 2.15 bits per heavy atom. The Labute approximate surface area is 129 Å². The lowest BCUT2D eigenvalue weighted by Gasteiger charge is -2.18. The Kier molecular flexibility index (Phi) is 7.62. The van der Waals surface area contributed by atoms with Crippen LogP contribution in [0, 0.1) is 0 Å². The van der Waals surface area contributed by atoms with Crippen molar-refractivity contribution in [1.29, 1.82) is 0 Å². The van der Waals surface area contributed by atoms with Crippen molar-refractivity contribution in [3.8, 4) is 5.75 Å². The number of carbonyl (C=O) groups is 1. The molecule has 0 aliphatic rings. The molecule has 0 fully saturated rings. The van der Waals surface area contributed by atoms with E-state index in [0.717, 1.165) is 28.8 Å². The molecular formula is C15H23BrN2O2. The van der Waals surface area contributed by atoms with E-state index in [-0.39, 0.29) is 18.6 Å². The maximum absolute atomic E-state index is 11.6. The molecule has 2 N–H and O–H groups in total. The minimum atomic E-state index is -0.0890. The third-order valence-corrected chi connectivity index (χ3v) is 3.38. The fourth-order valence-corrected chi connectivity index (χ4v) is 2.21. The zero-order chi connectivity index (χ0) is 15.0. The van der Waals surface area contributed by atoms with Gasteiger partial charge in [0.15, 0.2) is 6.61 Å². The molecule has 0 aliphatic heterocycles. The van der Waals surface area contributed by atoms with Crippen molar-refractivity contribution in [2.75, 3.05) is 19.7 Å². The summed E-state index contributed by atoms with van der Waals surface area (Å²) in [6.07, 6.45) is 0.922. The third-order valence-electron chi connectivity index (χ3n) is 2.88. The second-order valence-corrected chi connectivity index (χ2v) is 5.52. The highest BCUT2D eigenvalue weighted by molar-refractivity contribution is 9.10. The van der Waals surface area contributed by atoms with Crippen LogP contribution in [0.15, 0.2) is 22.7 Å². The summed E-state index contributed by atoms with van der Waals surface area (Å²) < 4.78 is 6.60. The molecule has 112 valence electrons. The highest BCUT2D eigenvalue weighted by Gasteiger charge is 2.12. The summed E-state index contributed by atoms with van der Waals surface area (Å²) in [4.78, 5) is 11.6. The van der Waals surface area contributed by atoms with E-state index in [4.69, 9.17) is 4.74 Å². The van der Waals surface area contributed by atoms with Crippen molar-refractivity contribution in [2.45, 2.75) is 33.2 Å². The zero-order valence-corrected chi connectivity index (χ0v) is 13.9. The molecule has 1 atom stereocenters. The standard InChI is InChI=1S/C15H23BrN2O2/c1-4-8-18-15(19)10-20-14-9-12(16)6-7-13(14)11(3)17-5-2/h6-7,9,11,17H,4-5,8,10H2,1-3H3,(H,18,19). The molecule has 1 unspecified atom stereocenters. The van der Waals surface area contributed by atoms with E-state index in [1.165, 1.54) is 0 Å². The summed E-state index contributed by atoms with van der Waals surface area (Å²) in [5.74, 6) is 0.647. The van der Waals surface area contributed by atoms with Gasteiger partial charge in [-0.2, -0.15) is 0 Å². The number of carbonyl (C=O) groups excluding carboxylic acids is 1. The van der Waals surface area contributed by atoms with Gasteiger partial charge in [0.2, 0.25) is 0 Å². The lowest BCUT2D eigenvalue weighted by Crippen LogP contribution is -2.29. The van der Waals surface area contributed by atoms with Gasteiger partial charge in [0.25, 0.3) is 5.91 Å². The predicted molar refractivity (Wildman–Crippen MR) is 85.0 cm³/mol. The Morgan fingerprint density at radius 1 is 1.40 bits per heavy atom. The summed E-state index contributed by atoms with van der Waals surface area (Å²) >= 11 is 3.43. The number of benzene rings is 1. The predicted octanol–water partition coefficient (Wildman–Crippen LogP) is 3.02. The van der Waals surface area contributed by atoms with Crippen molar-refractivity contribution in [1.82, 2.24) is 10.6 Å². The monoisotopic (exact) mass is 342 g/mol. The number of amides is 1. The van der Waals surface area contributed by atoms with Gasteiger partial charge in [-0.15, -0.1) is 0 Å². The van der Waals surface area contributed by atoms with E-state index in [9.17, 15) is 4.79 Å². The van der Waals surface area contributed by atoms with E-state index in [1.54, 1.807) is 0 Å². The average Bonchev–Trinajstić information content (AvgIpc) is 2.43. The largest absolute Gasteiger partial charge is 0.483 e. The maximum Gasteiger partial charge on any atom is 0.257 e. The van der Waals surface area contributed by atoms with Crippen LogP contribution in [-0.2, 0) is 4.79 Å². The molecule has 1 rings (SSSR count). The van der Waals surface area contributed by atoms with Crippen LogP contribution in [0.1, 0.15) is 38.8 Å². The van der Waals surface area contributed by atoms with Gasteiger partial charge < -0.3 is 15.4 Å². The van der Waals surface area contributed by atoms with Crippen LogP contribution in [0.2, 0.25) is 0 Å². The smallest absolute Gasteiger partial charge is 0.257 e. The quantitative estimate of drug-likeness (QED) is 0.763. The topological polar surface area (TPSA) is 50.4 Å². The van der Waals surface area contributed by atoms with E-state index >= 15 is 0 Å². The lowest BCUT2D eigenvalue weighted by atomic mass is 10.1. The zero-order valence-electron chi connectivity index (χ0n) is 12.3. The molecule has 0 bridgehead atoms. The summed E-state index contributed by atoms with van der Waals surface area (Å²) in [7, 11) is 0.